The normalized spacial score (nSPS) is 34.4. The van der Waals surface area contributed by atoms with Crippen LogP contribution in [0.15, 0.2) is 73.8 Å². The molecule has 0 saturated carbocycles. The molecule has 0 aromatic heterocycles. The Hall–Kier alpha value is -3.54. The third-order valence-corrected chi connectivity index (χ3v) is 11.0. The van der Waals surface area contributed by atoms with Crippen LogP contribution in [0.25, 0.3) is 0 Å². The van der Waals surface area contributed by atoms with Crippen LogP contribution in [0, 0.1) is 10.8 Å². The minimum atomic E-state index is -0.531. The fourth-order valence-electron chi connectivity index (χ4n) is 8.66. The van der Waals surface area contributed by atoms with Crippen LogP contribution in [0.3, 0.4) is 0 Å². The molecule has 5 aliphatic rings. The number of para-hydroxylation sites is 2. The molecule has 0 radical (unpaired) electrons. The first-order valence-corrected chi connectivity index (χ1v) is 13.7. The standard InChI is InChI=1S/C32H36N4O2/c1-7-29(3,4)31-17-23-25(37)36-24(26(38)35(23)27(31)33-21-15-11-9-13-19(21)31)18-32(30(5,6)8-2)20-14-10-12-16-22(20)34-28(32)36/h7-16,23-24,27-28,33-34H,1-2,17-18H2,3-6H3/t23-,24?,27?,28-,31+,32-/m1/s1. The first-order valence-electron chi connectivity index (χ1n) is 13.7. The van der Waals surface area contributed by atoms with E-state index in [0.29, 0.717) is 12.8 Å². The Labute approximate surface area is 224 Å². The summed E-state index contributed by atoms with van der Waals surface area (Å²) in [5, 5.41) is 7.36. The number of allylic oxidation sites excluding steroid dienone is 2. The molecule has 6 nitrogen and oxygen atoms in total. The SMILES string of the molecule is C=CC(C)(C)[C@]12C[C@@H]3C(=O)N4C(C[C@@]5(C(C)(C)C=C)c6ccccc6N[C@H]45)C(=O)N3C1Nc1ccccc12. The maximum Gasteiger partial charge on any atom is 0.247 e. The summed E-state index contributed by atoms with van der Waals surface area (Å²) in [6.07, 6.45) is 4.50. The van der Waals surface area contributed by atoms with Crippen molar-refractivity contribution >= 4 is 23.2 Å². The highest BCUT2D eigenvalue weighted by Gasteiger charge is 2.73. The summed E-state index contributed by atoms with van der Waals surface area (Å²) in [6, 6.07) is 15.5. The average molecular weight is 509 g/mol. The molecule has 38 heavy (non-hydrogen) atoms. The van der Waals surface area contributed by atoms with Gasteiger partial charge in [-0.2, -0.15) is 0 Å². The van der Waals surface area contributed by atoms with Gasteiger partial charge in [0.15, 0.2) is 0 Å². The minimum Gasteiger partial charge on any atom is -0.364 e. The number of carbonyl (C=O) groups excluding carboxylic acids is 2. The highest BCUT2D eigenvalue weighted by atomic mass is 16.2. The van der Waals surface area contributed by atoms with Crippen LogP contribution in [0.4, 0.5) is 11.4 Å². The highest BCUT2D eigenvalue weighted by Crippen LogP contribution is 2.64. The lowest BCUT2D eigenvalue weighted by molar-refractivity contribution is -0.160. The molecule has 2 amide bonds. The van der Waals surface area contributed by atoms with Crippen molar-refractivity contribution in [3.05, 3.63) is 85.0 Å². The first kappa shape index (κ1) is 23.6. The summed E-state index contributed by atoms with van der Waals surface area (Å²) in [5.74, 6) is 0.0733. The Morgan fingerprint density at radius 3 is 1.47 bits per heavy atom. The first-order chi connectivity index (χ1) is 18.1. The number of fused-ring (bicyclic) bond motifs is 10. The van der Waals surface area contributed by atoms with E-state index in [9.17, 15) is 9.59 Å². The van der Waals surface area contributed by atoms with E-state index in [1.54, 1.807) is 0 Å². The maximum atomic E-state index is 14.6. The van der Waals surface area contributed by atoms with E-state index in [2.05, 4.69) is 75.8 Å². The topological polar surface area (TPSA) is 64.7 Å². The number of hydrogen-bond acceptors (Lipinski definition) is 4. The van der Waals surface area contributed by atoms with Crippen LogP contribution in [-0.2, 0) is 20.4 Å². The molecular weight excluding hydrogens is 472 g/mol. The van der Waals surface area contributed by atoms with Gasteiger partial charge in [0.1, 0.15) is 24.4 Å². The highest BCUT2D eigenvalue weighted by molar-refractivity contribution is 6.00. The van der Waals surface area contributed by atoms with Gasteiger partial charge in [0.2, 0.25) is 11.8 Å². The fraction of sp³-hybridized carbons (Fsp3) is 0.438. The van der Waals surface area contributed by atoms with Gasteiger partial charge >= 0.3 is 0 Å². The minimum absolute atomic E-state index is 0.0366. The van der Waals surface area contributed by atoms with Gasteiger partial charge in [-0.15, -0.1) is 13.2 Å². The summed E-state index contributed by atoms with van der Waals surface area (Å²) in [6.45, 7) is 17.1. The summed E-state index contributed by atoms with van der Waals surface area (Å²) in [5.41, 5.74) is 2.80. The molecule has 7 rings (SSSR count). The molecule has 5 aliphatic heterocycles. The van der Waals surface area contributed by atoms with E-state index < -0.39 is 22.9 Å². The quantitative estimate of drug-likeness (QED) is 0.570. The monoisotopic (exact) mass is 508 g/mol. The van der Waals surface area contributed by atoms with Crippen molar-refractivity contribution in [2.24, 2.45) is 10.8 Å². The summed E-state index contributed by atoms with van der Waals surface area (Å²) < 4.78 is 0. The average Bonchev–Trinajstić information content (AvgIpc) is 3.62. The number of nitrogens with zero attached hydrogens (tertiary/aromatic N) is 2. The molecule has 0 spiro atoms. The molecule has 196 valence electrons. The number of nitrogens with one attached hydrogen (secondary N) is 2. The molecule has 2 N–H and O–H groups in total. The predicted octanol–water partition coefficient (Wildman–Crippen LogP) is 5.01. The number of hydrogen-bond donors (Lipinski definition) is 2. The van der Waals surface area contributed by atoms with Crippen molar-refractivity contribution in [3.63, 3.8) is 0 Å². The second kappa shape index (κ2) is 7.10. The number of anilines is 2. The van der Waals surface area contributed by atoms with Crippen LogP contribution < -0.4 is 10.6 Å². The summed E-state index contributed by atoms with van der Waals surface area (Å²) >= 11 is 0. The predicted molar refractivity (Wildman–Crippen MR) is 150 cm³/mol. The lowest BCUT2D eigenvalue weighted by atomic mass is 9.60. The van der Waals surface area contributed by atoms with Gasteiger partial charge in [0, 0.05) is 22.2 Å². The van der Waals surface area contributed by atoms with Crippen molar-refractivity contribution in [2.75, 3.05) is 10.6 Å². The van der Waals surface area contributed by atoms with E-state index >= 15 is 0 Å². The van der Waals surface area contributed by atoms with E-state index in [4.69, 9.17) is 0 Å². The number of rotatable bonds is 4. The van der Waals surface area contributed by atoms with Gasteiger partial charge in [0.25, 0.3) is 0 Å². The van der Waals surface area contributed by atoms with Gasteiger partial charge in [-0.05, 0) is 46.9 Å². The third-order valence-electron chi connectivity index (χ3n) is 11.0. The van der Waals surface area contributed by atoms with Crippen molar-refractivity contribution in [1.29, 1.82) is 0 Å². The second-order valence-electron chi connectivity index (χ2n) is 12.9. The molecule has 0 aliphatic carbocycles. The molecule has 2 aromatic carbocycles. The summed E-state index contributed by atoms with van der Waals surface area (Å²) in [4.78, 5) is 33.0. The van der Waals surface area contributed by atoms with Crippen molar-refractivity contribution in [1.82, 2.24) is 9.80 Å². The molecule has 3 fully saturated rings. The van der Waals surface area contributed by atoms with Crippen molar-refractivity contribution in [3.8, 4) is 0 Å². The number of benzene rings is 2. The zero-order valence-corrected chi connectivity index (χ0v) is 22.6. The van der Waals surface area contributed by atoms with E-state index in [-0.39, 0.29) is 35.0 Å². The lowest BCUT2D eigenvalue weighted by Crippen LogP contribution is -2.66. The van der Waals surface area contributed by atoms with Crippen LogP contribution in [-0.4, -0.2) is 46.0 Å². The smallest absolute Gasteiger partial charge is 0.247 e. The fourth-order valence-corrected chi connectivity index (χ4v) is 8.66. The van der Waals surface area contributed by atoms with Crippen LogP contribution in [0.2, 0.25) is 0 Å². The largest absolute Gasteiger partial charge is 0.364 e. The Morgan fingerprint density at radius 1 is 0.737 bits per heavy atom. The molecule has 2 aromatic rings. The third kappa shape index (κ3) is 2.37. The summed E-state index contributed by atoms with van der Waals surface area (Å²) in [7, 11) is 0. The number of amides is 2. The Balaban J connectivity index is 1.38. The maximum absolute atomic E-state index is 14.6. The van der Waals surface area contributed by atoms with Crippen LogP contribution in [0.5, 0.6) is 0 Å². The van der Waals surface area contributed by atoms with Gasteiger partial charge in [-0.1, -0.05) is 76.2 Å². The van der Waals surface area contributed by atoms with Gasteiger partial charge in [0.05, 0.1) is 0 Å². The Morgan fingerprint density at radius 2 is 1.11 bits per heavy atom. The zero-order valence-electron chi connectivity index (χ0n) is 22.6. The molecular formula is C32H36N4O2. The van der Waals surface area contributed by atoms with E-state index in [0.717, 1.165) is 11.4 Å². The van der Waals surface area contributed by atoms with Gasteiger partial charge in [-0.3, -0.25) is 9.59 Å². The Bertz CT molecular complexity index is 1320. The number of piperazine rings is 1. The van der Waals surface area contributed by atoms with Gasteiger partial charge in [-0.25, -0.2) is 0 Å². The van der Waals surface area contributed by atoms with E-state index in [1.165, 1.54) is 11.1 Å². The Kier molecular flexibility index (Phi) is 4.40. The molecule has 3 saturated heterocycles. The molecule has 6 heteroatoms. The lowest BCUT2D eigenvalue weighted by Gasteiger charge is -2.45. The van der Waals surface area contributed by atoms with Crippen LogP contribution >= 0.6 is 0 Å². The molecule has 6 atom stereocenters. The van der Waals surface area contributed by atoms with Crippen molar-refractivity contribution < 1.29 is 9.59 Å². The van der Waals surface area contributed by atoms with Crippen molar-refractivity contribution in [2.45, 2.75) is 75.8 Å². The van der Waals surface area contributed by atoms with Gasteiger partial charge < -0.3 is 20.4 Å². The van der Waals surface area contributed by atoms with E-state index in [1.807, 2.05) is 46.2 Å². The molecule has 5 heterocycles. The molecule has 2 unspecified atom stereocenters. The van der Waals surface area contributed by atoms with Crippen LogP contribution in [0.1, 0.15) is 51.7 Å². The second-order valence-corrected chi connectivity index (χ2v) is 12.9. The molecule has 0 bridgehead atoms. The number of carbonyl (C=O) groups is 2. The zero-order chi connectivity index (χ0) is 26.8.